The molecule has 0 bridgehead atoms. The smallest absolute Gasteiger partial charge is 0.264 e. The standard InChI is InChI=1S/C20H20N4O5S2/c1-24(2)31(27,28)16-8-6-13(7-9-16)17-12-30-20(22-17)23-18(25)11-29-15-5-3-4-14(10-15)19(21)26/h3-10,12H,11H2,1-2H3,(H2,21,26)(H,22,23,25). The van der Waals surface area contributed by atoms with E-state index in [4.69, 9.17) is 10.5 Å². The Bertz CT molecular complexity index is 1200. The second-order valence-electron chi connectivity index (χ2n) is 6.58. The maximum absolute atomic E-state index is 12.2. The fourth-order valence-electron chi connectivity index (χ4n) is 2.52. The number of nitrogens with one attached hydrogen (secondary N) is 1. The minimum Gasteiger partial charge on any atom is -0.484 e. The van der Waals surface area contributed by atoms with Gasteiger partial charge in [-0.25, -0.2) is 17.7 Å². The van der Waals surface area contributed by atoms with Crippen LogP contribution in [0.1, 0.15) is 10.4 Å². The number of primary amides is 1. The highest BCUT2D eigenvalue weighted by atomic mass is 32.2. The van der Waals surface area contributed by atoms with Gasteiger partial charge in [-0.05, 0) is 30.3 Å². The lowest BCUT2D eigenvalue weighted by molar-refractivity contribution is -0.118. The number of anilines is 1. The molecule has 162 valence electrons. The first-order valence-corrected chi connectivity index (χ1v) is 11.3. The summed E-state index contributed by atoms with van der Waals surface area (Å²) in [5.74, 6) is -0.658. The van der Waals surface area contributed by atoms with Crippen LogP contribution in [-0.4, -0.2) is 50.2 Å². The van der Waals surface area contributed by atoms with Crippen LogP contribution in [-0.2, 0) is 14.8 Å². The van der Waals surface area contributed by atoms with E-state index in [0.29, 0.717) is 22.1 Å². The van der Waals surface area contributed by atoms with Gasteiger partial charge in [-0.3, -0.25) is 14.9 Å². The van der Waals surface area contributed by atoms with Crippen LogP contribution in [0.25, 0.3) is 11.3 Å². The molecule has 0 fully saturated rings. The summed E-state index contributed by atoms with van der Waals surface area (Å²) in [6.07, 6.45) is 0. The SMILES string of the molecule is CN(C)S(=O)(=O)c1ccc(-c2csc(NC(=O)COc3cccc(C(N)=O)c3)n2)cc1. The lowest BCUT2D eigenvalue weighted by Gasteiger charge is -2.11. The molecule has 0 aliphatic carbocycles. The Hall–Kier alpha value is -3.28. The first kappa shape index (κ1) is 22.4. The fraction of sp³-hybridized carbons (Fsp3) is 0.150. The molecular formula is C20H20N4O5S2. The Morgan fingerprint density at radius 3 is 2.52 bits per heavy atom. The minimum absolute atomic E-state index is 0.183. The lowest BCUT2D eigenvalue weighted by atomic mass is 10.2. The maximum Gasteiger partial charge on any atom is 0.264 e. The number of ether oxygens (including phenoxy) is 1. The van der Waals surface area contributed by atoms with Crippen LogP contribution in [0.3, 0.4) is 0 Å². The van der Waals surface area contributed by atoms with Crippen molar-refractivity contribution in [2.24, 2.45) is 5.73 Å². The van der Waals surface area contributed by atoms with Gasteiger partial charge in [0.15, 0.2) is 11.7 Å². The predicted molar refractivity (Wildman–Crippen MR) is 118 cm³/mol. The van der Waals surface area contributed by atoms with Crippen LogP contribution in [0.4, 0.5) is 5.13 Å². The third kappa shape index (κ3) is 5.45. The third-order valence-electron chi connectivity index (χ3n) is 4.17. The van der Waals surface area contributed by atoms with Gasteiger partial charge in [0.2, 0.25) is 15.9 Å². The Labute approximate surface area is 183 Å². The van der Waals surface area contributed by atoms with Gasteiger partial charge in [-0.1, -0.05) is 18.2 Å². The molecule has 0 saturated carbocycles. The first-order chi connectivity index (χ1) is 14.7. The molecule has 0 saturated heterocycles. The van der Waals surface area contributed by atoms with Crippen molar-refractivity contribution in [3.05, 3.63) is 59.5 Å². The molecule has 0 aliphatic heterocycles. The molecule has 0 spiro atoms. The number of carbonyl (C=O) groups excluding carboxylic acids is 2. The average molecular weight is 461 g/mol. The third-order valence-corrected chi connectivity index (χ3v) is 6.75. The van der Waals surface area contributed by atoms with Crippen LogP contribution in [0.15, 0.2) is 58.8 Å². The van der Waals surface area contributed by atoms with Crippen LogP contribution < -0.4 is 15.8 Å². The van der Waals surface area contributed by atoms with E-state index in [-0.39, 0.29) is 17.1 Å². The van der Waals surface area contributed by atoms with Gasteiger partial charge >= 0.3 is 0 Å². The molecule has 3 N–H and O–H groups in total. The van der Waals surface area contributed by atoms with E-state index in [1.165, 1.54) is 43.6 Å². The van der Waals surface area contributed by atoms with Gasteiger partial charge in [-0.15, -0.1) is 11.3 Å². The number of nitrogens with two attached hydrogens (primary N) is 1. The molecule has 31 heavy (non-hydrogen) atoms. The molecule has 3 rings (SSSR count). The molecule has 11 heteroatoms. The normalized spacial score (nSPS) is 11.3. The van der Waals surface area contributed by atoms with Crippen LogP contribution >= 0.6 is 11.3 Å². The number of carbonyl (C=O) groups is 2. The van der Waals surface area contributed by atoms with Gasteiger partial charge in [-0.2, -0.15) is 0 Å². The Morgan fingerprint density at radius 2 is 1.87 bits per heavy atom. The van der Waals surface area contributed by atoms with E-state index in [1.54, 1.807) is 35.7 Å². The molecule has 0 atom stereocenters. The summed E-state index contributed by atoms with van der Waals surface area (Å²) in [5, 5.41) is 4.77. The zero-order valence-electron chi connectivity index (χ0n) is 16.7. The molecule has 3 aromatic rings. The van der Waals surface area contributed by atoms with E-state index in [2.05, 4.69) is 10.3 Å². The summed E-state index contributed by atoms with van der Waals surface area (Å²) in [6.45, 7) is -0.270. The van der Waals surface area contributed by atoms with Crippen molar-refractivity contribution in [2.75, 3.05) is 26.0 Å². The number of nitrogens with zero attached hydrogens (tertiary/aromatic N) is 2. The number of hydrogen-bond acceptors (Lipinski definition) is 7. The zero-order chi connectivity index (χ0) is 22.6. The second-order valence-corrected chi connectivity index (χ2v) is 9.59. The van der Waals surface area contributed by atoms with Crippen LogP contribution in [0.5, 0.6) is 5.75 Å². The predicted octanol–water partition coefficient (Wildman–Crippen LogP) is 2.18. The molecule has 0 aliphatic rings. The van der Waals surface area contributed by atoms with Crippen molar-refractivity contribution >= 4 is 38.3 Å². The van der Waals surface area contributed by atoms with Gasteiger partial charge in [0.05, 0.1) is 10.6 Å². The molecule has 1 heterocycles. The highest BCUT2D eigenvalue weighted by molar-refractivity contribution is 7.89. The highest BCUT2D eigenvalue weighted by Gasteiger charge is 2.17. The molecule has 0 unspecified atom stereocenters. The monoisotopic (exact) mass is 460 g/mol. The van der Waals surface area contributed by atoms with Gasteiger partial charge in [0.25, 0.3) is 5.91 Å². The van der Waals surface area contributed by atoms with Gasteiger partial charge in [0.1, 0.15) is 5.75 Å². The molecule has 2 aromatic carbocycles. The Morgan fingerprint density at radius 1 is 1.16 bits per heavy atom. The van der Waals surface area contributed by atoms with E-state index in [9.17, 15) is 18.0 Å². The first-order valence-electron chi connectivity index (χ1n) is 8.98. The summed E-state index contributed by atoms with van der Waals surface area (Å²) in [7, 11) is -0.566. The number of thiazole rings is 1. The number of rotatable bonds is 8. The van der Waals surface area contributed by atoms with Crippen molar-refractivity contribution in [2.45, 2.75) is 4.90 Å². The maximum atomic E-state index is 12.2. The molecule has 2 amide bonds. The van der Waals surface area contributed by atoms with Crippen LogP contribution in [0.2, 0.25) is 0 Å². The van der Waals surface area contributed by atoms with E-state index >= 15 is 0 Å². The summed E-state index contributed by atoms with van der Waals surface area (Å²) in [4.78, 5) is 27.9. The van der Waals surface area contributed by atoms with E-state index in [0.717, 1.165) is 4.31 Å². The number of aromatic nitrogens is 1. The van der Waals surface area contributed by atoms with Gasteiger partial charge in [0, 0.05) is 30.6 Å². The van der Waals surface area contributed by atoms with Crippen molar-refractivity contribution in [1.82, 2.24) is 9.29 Å². The van der Waals surface area contributed by atoms with Crippen molar-refractivity contribution in [3.63, 3.8) is 0 Å². The number of amides is 2. The van der Waals surface area contributed by atoms with E-state index < -0.39 is 21.8 Å². The summed E-state index contributed by atoms with van der Waals surface area (Å²) < 4.78 is 30.8. The zero-order valence-corrected chi connectivity index (χ0v) is 18.4. The summed E-state index contributed by atoms with van der Waals surface area (Å²) in [6, 6.07) is 12.6. The molecule has 1 aromatic heterocycles. The Balaban J connectivity index is 1.61. The number of benzene rings is 2. The highest BCUT2D eigenvalue weighted by Crippen LogP contribution is 2.26. The van der Waals surface area contributed by atoms with E-state index in [1.807, 2.05) is 0 Å². The van der Waals surface area contributed by atoms with Gasteiger partial charge < -0.3 is 10.5 Å². The van der Waals surface area contributed by atoms with Crippen molar-refractivity contribution in [3.8, 4) is 17.0 Å². The minimum atomic E-state index is -3.50. The summed E-state index contributed by atoms with van der Waals surface area (Å²) >= 11 is 1.23. The van der Waals surface area contributed by atoms with Crippen molar-refractivity contribution < 1.29 is 22.7 Å². The Kier molecular flexibility index (Phi) is 6.68. The average Bonchev–Trinajstić information content (AvgIpc) is 3.21. The second kappa shape index (κ2) is 9.25. The lowest BCUT2D eigenvalue weighted by Crippen LogP contribution is -2.22. The van der Waals surface area contributed by atoms with Crippen molar-refractivity contribution in [1.29, 1.82) is 0 Å². The number of sulfonamides is 1. The molecular weight excluding hydrogens is 440 g/mol. The fourth-order valence-corrected chi connectivity index (χ4v) is 4.15. The quantitative estimate of drug-likeness (QED) is 0.530. The number of hydrogen-bond donors (Lipinski definition) is 2. The van der Waals surface area contributed by atoms with Crippen LogP contribution in [0, 0.1) is 0 Å². The summed E-state index contributed by atoms with van der Waals surface area (Å²) in [5.41, 5.74) is 6.82. The topological polar surface area (TPSA) is 132 Å². The molecule has 0 radical (unpaired) electrons. The largest absolute Gasteiger partial charge is 0.484 e. The molecule has 9 nitrogen and oxygen atoms in total.